The minimum absolute atomic E-state index is 0.0304. The SMILES string of the molecule is [CH][C@](O)([C@H]1[C@@H](C)C23CC(C)[C@@]1(OC)[C@@H]1Oc4c(OC)c(C)c(C)c5c4[C@@]12C(C)(C)C(C)(C)N(CC1C(C)C1(C)C)[C@@H]3C5(C)C)C(C)(C)CC. The third-order valence-electron chi connectivity index (χ3n) is 18.7. The summed E-state index contributed by atoms with van der Waals surface area (Å²) in [5.41, 5.74) is 1.29. The highest BCUT2D eigenvalue weighted by Crippen LogP contribution is 2.87. The van der Waals surface area contributed by atoms with E-state index in [2.05, 4.69) is 116 Å². The first-order valence-corrected chi connectivity index (χ1v) is 19.5. The second kappa shape index (κ2) is 9.62. The largest absolute Gasteiger partial charge is 0.493 e. The molecule has 8 rings (SSSR count). The van der Waals surface area contributed by atoms with Crippen LogP contribution in [0, 0.1) is 72.0 Å². The number of hydrogen-bond acceptors (Lipinski definition) is 5. The van der Waals surface area contributed by atoms with E-state index in [9.17, 15) is 5.11 Å². The van der Waals surface area contributed by atoms with Gasteiger partial charge in [0.25, 0.3) is 0 Å². The molecule has 5 fully saturated rings. The normalized spacial score (nSPS) is 44.2. The molecule has 5 aliphatic carbocycles. The van der Waals surface area contributed by atoms with Gasteiger partial charge in [0, 0.05) is 54.5 Å². The molecule has 2 aliphatic heterocycles. The molecule has 11 atom stereocenters. The Morgan fingerprint density at radius 3 is 2.00 bits per heavy atom. The molecule has 2 radical (unpaired) electrons. The van der Waals surface area contributed by atoms with E-state index in [0.717, 1.165) is 36.4 Å². The van der Waals surface area contributed by atoms with Gasteiger partial charge in [-0.25, -0.2) is 0 Å². The molecule has 0 amide bonds. The summed E-state index contributed by atoms with van der Waals surface area (Å²) in [7, 11) is 3.67. The first-order chi connectivity index (χ1) is 22.3. The lowest BCUT2D eigenvalue weighted by Gasteiger charge is -2.86. The average molecular weight is 676 g/mol. The number of likely N-dealkylation sites (tertiary alicyclic amines) is 1. The van der Waals surface area contributed by atoms with Gasteiger partial charge in [0.1, 0.15) is 11.7 Å². The molecule has 49 heavy (non-hydrogen) atoms. The smallest absolute Gasteiger partial charge is 0.166 e. The van der Waals surface area contributed by atoms with Gasteiger partial charge < -0.3 is 19.3 Å². The first-order valence-electron chi connectivity index (χ1n) is 19.5. The summed E-state index contributed by atoms with van der Waals surface area (Å²) in [5, 5.41) is 13.1. The molecule has 4 saturated carbocycles. The van der Waals surface area contributed by atoms with Crippen molar-refractivity contribution in [2.75, 3.05) is 20.8 Å². The van der Waals surface area contributed by atoms with Gasteiger partial charge in [0.15, 0.2) is 11.5 Å². The standard InChI is InChI=1S/C44H69NO4/c1-20-36(7,8)41(17,46)33-27(6)42-21-23(2)43(33,48-19)35-44(42)30-29(24(3)25(4)31(47-18)32(30)49-35)38(11,12)34(42)45(40(15,16)39(44,13)14)22-28-26(5)37(28,9)10/h17,23,26-28,33-35,46H,20-22H2,1-16,18-19H3/t23?,26?,27-,28?,33-,34-,35+,41+,42?,43+,44+/m1/s1. The number of nitrogens with zero attached hydrogens (tertiary/aromatic N) is 1. The minimum atomic E-state index is -1.51. The summed E-state index contributed by atoms with van der Waals surface area (Å²) >= 11 is 0. The number of ether oxygens (including phenoxy) is 3. The molecule has 2 spiro atoms. The van der Waals surface area contributed by atoms with E-state index in [1.165, 1.54) is 16.7 Å². The van der Waals surface area contributed by atoms with E-state index in [1.54, 1.807) is 7.11 Å². The molecule has 1 N–H and O–H groups in total. The van der Waals surface area contributed by atoms with Crippen LogP contribution in [0.2, 0.25) is 0 Å². The summed E-state index contributed by atoms with van der Waals surface area (Å²) in [6.45, 7) is 47.0. The number of hydrogen-bond donors (Lipinski definition) is 1. The molecule has 1 aromatic carbocycles. The van der Waals surface area contributed by atoms with Crippen LogP contribution in [0.4, 0.5) is 0 Å². The van der Waals surface area contributed by atoms with Crippen LogP contribution < -0.4 is 9.47 Å². The predicted octanol–water partition coefficient (Wildman–Crippen LogP) is 8.94. The van der Waals surface area contributed by atoms with Gasteiger partial charge in [-0.2, -0.15) is 0 Å². The van der Waals surface area contributed by atoms with E-state index in [-0.39, 0.29) is 51.7 Å². The highest BCUT2D eigenvalue weighted by Gasteiger charge is 2.92. The van der Waals surface area contributed by atoms with Crippen molar-refractivity contribution in [1.29, 1.82) is 0 Å². The summed E-state index contributed by atoms with van der Waals surface area (Å²) in [6.07, 6.45) is 1.39. The maximum absolute atomic E-state index is 13.1. The van der Waals surface area contributed by atoms with Gasteiger partial charge in [-0.3, -0.25) is 4.90 Å². The fourth-order valence-electron chi connectivity index (χ4n) is 14.7. The molecule has 5 nitrogen and oxygen atoms in total. The molecule has 5 heteroatoms. The summed E-state index contributed by atoms with van der Waals surface area (Å²) in [4.78, 5) is 3.01. The van der Waals surface area contributed by atoms with Crippen LogP contribution in [-0.4, -0.2) is 59.7 Å². The second-order valence-electron chi connectivity index (χ2n) is 20.9. The number of piperidine rings is 1. The fourth-order valence-corrected chi connectivity index (χ4v) is 14.7. The lowest BCUT2D eigenvalue weighted by Crippen LogP contribution is -2.94. The van der Waals surface area contributed by atoms with Crippen molar-refractivity contribution in [3.05, 3.63) is 29.2 Å². The van der Waals surface area contributed by atoms with Crippen molar-refractivity contribution >= 4 is 0 Å². The number of methoxy groups -OCH3 is 2. The predicted molar refractivity (Wildman–Crippen MR) is 198 cm³/mol. The Kier molecular flexibility index (Phi) is 7.08. The van der Waals surface area contributed by atoms with E-state index in [4.69, 9.17) is 21.1 Å². The van der Waals surface area contributed by atoms with Gasteiger partial charge in [-0.1, -0.05) is 83.1 Å². The average Bonchev–Trinajstić information content (AvgIpc) is 3.27. The maximum atomic E-state index is 13.1. The Morgan fingerprint density at radius 1 is 0.939 bits per heavy atom. The molecule has 274 valence electrons. The van der Waals surface area contributed by atoms with Crippen molar-refractivity contribution in [3.63, 3.8) is 0 Å². The van der Waals surface area contributed by atoms with Crippen molar-refractivity contribution < 1.29 is 19.3 Å². The number of benzene rings is 1. The first kappa shape index (κ1) is 36.1. The van der Waals surface area contributed by atoms with Gasteiger partial charge >= 0.3 is 0 Å². The Bertz CT molecular complexity index is 1600. The van der Waals surface area contributed by atoms with Gasteiger partial charge in [-0.05, 0) is 97.1 Å². The third kappa shape index (κ3) is 3.32. The van der Waals surface area contributed by atoms with Gasteiger partial charge in [0.2, 0.25) is 0 Å². The van der Waals surface area contributed by atoms with Crippen molar-refractivity contribution in [2.45, 2.75) is 163 Å². The van der Waals surface area contributed by atoms with E-state index in [0.29, 0.717) is 17.3 Å². The van der Waals surface area contributed by atoms with Crippen LogP contribution in [0.1, 0.15) is 132 Å². The number of rotatable bonds is 7. The summed E-state index contributed by atoms with van der Waals surface area (Å²) in [5.74, 6) is 2.82. The lowest BCUT2D eigenvalue weighted by molar-refractivity contribution is -0.389. The van der Waals surface area contributed by atoms with Crippen LogP contribution >= 0.6 is 0 Å². The number of aliphatic hydroxyl groups is 1. The molecular weight excluding hydrogens is 606 g/mol. The molecule has 4 unspecified atom stereocenters. The van der Waals surface area contributed by atoms with E-state index in [1.807, 2.05) is 7.11 Å². The van der Waals surface area contributed by atoms with Crippen LogP contribution in [0.25, 0.3) is 0 Å². The van der Waals surface area contributed by atoms with Crippen LogP contribution in [0.5, 0.6) is 11.5 Å². The van der Waals surface area contributed by atoms with Crippen molar-refractivity contribution in [2.24, 2.45) is 51.2 Å². The molecule has 2 heterocycles. The second-order valence-corrected chi connectivity index (χ2v) is 20.9. The van der Waals surface area contributed by atoms with Crippen LogP contribution in [0.3, 0.4) is 0 Å². The molecule has 7 aliphatic rings. The van der Waals surface area contributed by atoms with Gasteiger partial charge in [0.05, 0.1) is 18.1 Å². The summed E-state index contributed by atoms with van der Waals surface area (Å²) < 4.78 is 21.2. The van der Waals surface area contributed by atoms with Crippen molar-refractivity contribution in [1.82, 2.24) is 4.90 Å². The lowest BCUT2D eigenvalue weighted by atomic mass is 9.22. The van der Waals surface area contributed by atoms with Crippen LogP contribution in [0.15, 0.2) is 0 Å². The monoisotopic (exact) mass is 676 g/mol. The maximum Gasteiger partial charge on any atom is 0.166 e. The molecule has 4 bridgehead atoms. The third-order valence-corrected chi connectivity index (χ3v) is 18.7. The molecule has 1 aromatic rings. The van der Waals surface area contributed by atoms with E-state index < -0.39 is 22.0 Å². The summed E-state index contributed by atoms with van der Waals surface area (Å²) in [6, 6.07) is 0.179. The molecule has 1 saturated heterocycles. The Labute approximate surface area is 299 Å². The van der Waals surface area contributed by atoms with Gasteiger partial charge in [-0.15, -0.1) is 0 Å². The minimum Gasteiger partial charge on any atom is -0.493 e. The highest BCUT2D eigenvalue weighted by molar-refractivity contribution is 5.72. The Hall–Kier alpha value is -1.30. The zero-order chi connectivity index (χ0) is 36.8. The number of fused-ring (bicyclic) bond motifs is 2. The van der Waals surface area contributed by atoms with Crippen molar-refractivity contribution in [3.8, 4) is 11.5 Å². The zero-order valence-electron chi connectivity index (χ0n) is 34.4. The quantitative estimate of drug-likeness (QED) is 0.313. The topological polar surface area (TPSA) is 51.2 Å². The van der Waals surface area contributed by atoms with E-state index >= 15 is 0 Å². The molecule has 0 aromatic heterocycles. The zero-order valence-corrected chi connectivity index (χ0v) is 34.4. The Morgan fingerprint density at radius 2 is 1.51 bits per heavy atom. The van der Waals surface area contributed by atoms with Crippen LogP contribution in [-0.2, 0) is 15.6 Å². The highest BCUT2D eigenvalue weighted by atomic mass is 16.6. The fraction of sp³-hybridized carbons (Fsp3) is 0.841. The molecular formula is C44H69NO4. The Balaban J connectivity index is 1.69.